The van der Waals surface area contributed by atoms with Gasteiger partial charge in [0.2, 0.25) is 0 Å². The molecule has 2 aromatic heterocycles. The van der Waals surface area contributed by atoms with Crippen LogP contribution in [0.15, 0.2) is 84.9 Å². The lowest BCUT2D eigenvalue weighted by Gasteiger charge is -2.13. The van der Waals surface area contributed by atoms with Crippen LogP contribution < -0.4 is 9.46 Å². The SMILES string of the molecule is Cc1cc(-c2ccccc2)cc(-c2cc(-c3ccccc3)cc(C)[n+]2[O-])[n+]1[O-]. The van der Waals surface area contributed by atoms with E-state index in [0.717, 1.165) is 31.7 Å². The first-order chi connectivity index (χ1) is 13.5. The average Bonchev–Trinajstić information content (AvgIpc) is 2.73. The van der Waals surface area contributed by atoms with Gasteiger partial charge in [-0.3, -0.25) is 0 Å². The molecule has 0 radical (unpaired) electrons. The van der Waals surface area contributed by atoms with Crippen LogP contribution in [0.3, 0.4) is 0 Å². The number of hydrogen-bond donors (Lipinski definition) is 0. The van der Waals surface area contributed by atoms with Crippen molar-refractivity contribution in [3.63, 3.8) is 0 Å². The predicted molar refractivity (Wildman–Crippen MR) is 110 cm³/mol. The van der Waals surface area contributed by atoms with Gasteiger partial charge in [0.05, 0.1) is 0 Å². The fourth-order valence-corrected chi connectivity index (χ4v) is 3.39. The van der Waals surface area contributed by atoms with E-state index in [1.807, 2.05) is 72.8 Å². The van der Waals surface area contributed by atoms with Crippen molar-refractivity contribution < 1.29 is 9.46 Å². The van der Waals surface area contributed by atoms with Gasteiger partial charge in [0.25, 0.3) is 11.4 Å². The molecule has 2 aromatic carbocycles. The predicted octanol–water partition coefficient (Wildman–Crippen LogP) is 4.57. The minimum absolute atomic E-state index is 0.342. The van der Waals surface area contributed by atoms with E-state index in [1.165, 1.54) is 0 Å². The van der Waals surface area contributed by atoms with Gasteiger partial charge < -0.3 is 10.4 Å². The lowest BCUT2D eigenvalue weighted by Crippen LogP contribution is -2.40. The van der Waals surface area contributed by atoms with Crippen LogP contribution in [-0.4, -0.2) is 0 Å². The molecule has 0 aliphatic heterocycles. The van der Waals surface area contributed by atoms with Crippen molar-refractivity contribution in [2.24, 2.45) is 0 Å². The van der Waals surface area contributed by atoms with Crippen LogP contribution in [0.25, 0.3) is 33.6 Å². The molecule has 0 unspecified atom stereocenters. The van der Waals surface area contributed by atoms with Gasteiger partial charge in [-0.1, -0.05) is 60.7 Å². The molecule has 0 saturated heterocycles. The van der Waals surface area contributed by atoms with Gasteiger partial charge in [0, 0.05) is 38.1 Å². The molecule has 28 heavy (non-hydrogen) atoms. The molecule has 4 rings (SSSR count). The van der Waals surface area contributed by atoms with E-state index in [4.69, 9.17) is 0 Å². The maximum atomic E-state index is 12.8. The maximum absolute atomic E-state index is 12.8. The first kappa shape index (κ1) is 17.7. The largest absolute Gasteiger partial charge is 0.618 e. The van der Waals surface area contributed by atoms with E-state index in [0.29, 0.717) is 22.8 Å². The molecule has 0 atom stereocenters. The average molecular weight is 368 g/mol. The monoisotopic (exact) mass is 368 g/mol. The van der Waals surface area contributed by atoms with Gasteiger partial charge in [-0.2, -0.15) is 9.46 Å². The zero-order valence-electron chi connectivity index (χ0n) is 15.8. The van der Waals surface area contributed by atoms with E-state index in [1.54, 1.807) is 26.0 Å². The zero-order valence-corrected chi connectivity index (χ0v) is 15.8. The smallest absolute Gasteiger partial charge is 0.290 e. The molecule has 4 aromatic rings. The van der Waals surface area contributed by atoms with Crippen LogP contribution in [0, 0.1) is 24.3 Å². The van der Waals surface area contributed by atoms with Gasteiger partial charge in [0.1, 0.15) is 0 Å². The summed E-state index contributed by atoms with van der Waals surface area (Å²) in [4.78, 5) is 0. The highest BCUT2D eigenvalue weighted by atomic mass is 16.5. The second-order valence-corrected chi connectivity index (χ2v) is 6.86. The van der Waals surface area contributed by atoms with E-state index >= 15 is 0 Å². The molecule has 0 fully saturated rings. The van der Waals surface area contributed by atoms with Crippen molar-refractivity contribution in [1.82, 2.24) is 0 Å². The number of hydrogen-bond acceptors (Lipinski definition) is 2. The molecule has 0 saturated carbocycles. The minimum atomic E-state index is 0.342. The van der Waals surface area contributed by atoms with Crippen LogP contribution in [0.2, 0.25) is 0 Å². The van der Waals surface area contributed by atoms with Crippen LogP contribution in [0.4, 0.5) is 0 Å². The van der Waals surface area contributed by atoms with Crippen molar-refractivity contribution in [2.45, 2.75) is 13.8 Å². The Morgan fingerprint density at radius 3 is 1.21 bits per heavy atom. The van der Waals surface area contributed by atoms with Crippen molar-refractivity contribution >= 4 is 0 Å². The maximum Gasteiger partial charge on any atom is 0.290 e. The Kier molecular flexibility index (Phi) is 4.53. The summed E-state index contributed by atoms with van der Waals surface area (Å²) in [6, 6.07) is 26.9. The summed E-state index contributed by atoms with van der Waals surface area (Å²) in [5, 5.41) is 25.7. The number of pyridine rings is 2. The fourth-order valence-electron chi connectivity index (χ4n) is 3.39. The fraction of sp³-hybridized carbons (Fsp3) is 0.0833. The Bertz CT molecular complexity index is 1050. The summed E-state index contributed by atoms with van der Waals surface area (Å²) in [6.07, 6.45) is 0. The van der Waals surface area contributed by atoms with Crippen molar-refractivity contribution in [2.75, 3.05) is 0 Å². The minimum Gasteiger partial charge on any atom is -0.618 e. The summed E-state index contributed by atoms with van der Waals surface area (Å²) in [5.41, 5.74) is 5.58. The van der Waals surface area contributed by atoms with Crippen molar-refractivity contribution in [1.29, 1.82) is 0 Å². The highest BCUT2D eigenvalue weighted by Gasteiger charge is 2.24. The van der Waals surface area contributed by atoms with Crippen LogP contribution in [-0.2, 0) is 0 Å². The number of aromatic nitrogens is 2. The zero-order chi connectivity index (χ0) is 19.7. The van der Waals surface area contributed by atoms with Gasteiger partial charge in [-0.05, 0) is 22.3 Å². The normalized spacial score (nSPS) is 10.8. The summed E-state index contributed by atoms with van der Waals surface area (Å²) in [6.45, 7) is 3.51. The molecule has 138 valence electrons. The first-order valence-corrected chi connectivity index (χ1v) is 9.14. The summed E-state index contributed by atoms with van der Waals surface area (Å²) < 4.78 is 1.65. The number of rotatable bonds is 3. The Morgan fingerprint density at radius 1 is 0.500 bits per heavy atom. The number of nitrogens with zero attached hydrogens (tertiary/aromatic N) is 2. The second kappa shape index (κ2) is 7.16. The molecule has 0 aliphatic carbocycles. The molecule has 4 nitrogen and oxygen atoms in total. The number of benzene rings is 2. The van der Waals surface area contributed by atoms with Crippen LogP contribution >= 0.6 is 0 Å². The summed E-state index contributed by atoms with van der Waals surface area (Å²) in [5.74, 6) is 0. The molecule has 0 N–H and O–H groups in total. The molecule has 0 amide bonds. The lowest BCUT2D eigenvalue weighted by molar-refractivity contribution is -0.632. The molecular weight excluding hydrogens is 348 g/mol. The second-order valence-electron chi connectivity index (χ2n) is 6.86. The Hall–Kier alpha value is -3.66. The molecule has 0 aliphatic rings. The molecule has 0 spiro atoms. The summed E-state index contributed by atoms with van der Waals surface area (Å²) >= 11 is 0. The Balaban J connectivity index is 1.94. The van der Waals surface area contributed by atoms with E-state index in [-0.39, 0.29) is 0 Å². The van der Waals surface area contributed by atoms with Crippen LogP contribution in [0.5, 0.6) is 0 Å². The molecule has 0 bridgehead atoms. The molecular formula is C24H20N2O2. The number of aryl methyl sites for hydroxylation is 2. The third kappa shape index (κ3) is 3.21. The first-order valence-electron chi connectivity index (χ1n) is 9.14. The standard InChI is InChI=1S/C24H20N2O2/c1-17-13-21(19-9-5-3-6-10-19)15-23(25(17)27)24-16-22(14-18(2)26(24)28)20-11-7-4-8-12-20/h3-16H,1-2H3. The summed E-state index contributed by atoms with van der Waals surface area (Å²) in [7, 11) is 0. The third-order valence-electron chi connectivity index (χ3n) is 4.87. The van der Waals surface area contributed by atoms with E-state index < -0.39 is 0 Å². The highest BCUT2D eigenvalue weighted by Crippen LogP contribution is 2.27. The van der Waals surface area contributed by atoms with Crippen LogP contribution in [0.1, 0.15) is 11.4 Å². The third-order valence-corrected chi connectivity index (χ3v) is 4.87. The van der Waals surface area contributed by atoms with E-state index in [2.05, 4.69) is 0 Å². The van der Waals surface area contributed by atoms with Gasteiger partial charge in [-0.15, -0.1) is 0 Å². The van der Waals surface area contributed by atoms with Crippen molar-refractivity contribution in [3.8, 4) is 33.6 Å². The molecule has 2 heterocycles. The van der Waals surface area contributed by atoms with Crippen molar-refractivity contribution in [3.05, 3.63) is 107 Å². The molecule has 4 heteroatoms. The lowest BCUT2D eigenvalue weighted by atomic mass is 10.0. The van der Waals surface area contributed by atoms with Gasteiger partial charge in [-0.25, -0.2) is 0 Å². The quantitative estimate of drug-likeness (QED) is 0.393. The highest BCUT2D eigenvalue weighted by molar-refractivity contribution is 5.71. The Morgan fingerprint density at radius 2 is 0.857 bits per heavy atom. The van der Waals surface area contributed by atoms with Gasteiger partial charge in [0.15, 0.2) is 11.4 Å². The van der Waals surface area contributed by atoms with Gasteiger partial charge >= 0.3 is 0 Å². The van der Waals surface area contributed by atoms with E-state index in [9.17, 15) is 10.4 Å². The Labute approximate surface area is 164 Å². The topological polar surface area (TPSA) is 53.9 Å².